The summed E-state index contributed by atoms with van der Waals surface area (Å²) in [4.78, 5) is 43.9. The Morgan fingerprint density at radius 3 is 2.57 bits per heavy atom. The third-order valence-electron chi connectivity index (χ3n) is 7.22. The number of H-pyrrole nitrogens is 1. The van der Waals surface area contributed by atoms with Crippen molar-refractivity contribution < 1.29 is 23.9 Å². The molecule has 0 spiro atoms. The molecule has 218 valence electrons. The molecule has 0 saturated carbocycles. The lowest BCUT2D eigenvalue weighted by Crippen LogP contribution is -2.54. The van der Waals surface area contributed by atoms with E-state index >= 15 is 0 Å². The van der Waals surface area contributed by atoms with Gasteiger partial charge in [0.15, 0.2) is 0 Å². The standard InChI is InChI=1S/C29H31FN8O4/c1-18-3-2-4-25(34-18)28-22(15-32-35-28)19-5-6-23(30)21(13-19)20-14-33-38(16-20)17-26(39)36-9-11-37(12-10-36)29(42)24(31)7-8-27(40)41/h2-6,13-16,24H,7-12,17,31H2,1H3,(H,32,35)(H,40,41)/t24-/m0/s1. The minimum Gasteiger partial charge on any atom is -0.481 e. The van der Waals surface area contributed by atoms with Gasteiger partial charge in [0, 0.05) is 67.4 Å². The van der Waals surface area contributed by atoms with Gasteiger partial charge in [-0.25, -0.2) is 4.39 Å². The number of carbonyl (C=O) groups excluding carboxylic acids is 2. The maximum absolute atomic E-state index is 15.0. The maximum Gasteiger partial charge on any atom is 0.303 e. The number of aromatic amines is 1. The van der Waals surface area contributed by atoms with Crippen molar-refractivity contribution in [3.05, 3.63) is 66.5 Å². The van der Waals surface area contributed by atoms with Crippen LogP contribution in [0.1, 0.15) is 18.5 Å². The highest BCUT2D eigenvalue weighted by atomic mass is 19.1. The van der Waals surface area contributed by atoms with Crippen LogP contribution in [0.15, 0.2) is 55.0 Å². The summed E-state index contributed by atoms with van der Waals surface area (Å²) in [5, 5.41) is 20.3. The van der Waals surface area contributed by atoms with Crippen molar-refractivity contribution in [1.82, 2.24) is 34.8 Å². The minimum atomic E-state index is -1.01. The summed E-state index contributed by atoms with van der Waals surface area (Å²) >= 11 is 0. The van der Waals surface area contributed by atoms with E-state index in [1.807, 2.05) is 25.1 Å². The highest BCUT2D eigenvalue weighted by Crippen LogP contribution is 2.33. The molecule has 3 aromatic heterocycles. The van der Waals surface area contributed by atoms with Crippen LogP contribution in [-0.2, 0) is 20.9 Å². The van der Waals surface area contributed by atoms with Gasteiger partial charge >= 0.3 is 5.97 Å². The second-order valence-corrected chi connectivity index (χ2v) is 10.2. The number of nitrogens with two attached hydrogens (primary N) is 1. The van der Waals surface area contributed by atoms with Crippen LogP contribution in [-0.4, -0.2) is 89.9 Å². The smallest absolute Gasteiger partial charge is 0.303 e. The number of aryl methyl sites for hydroxylation is 1. The molecule has 13 heteroatoms. The Labute approximate surface area is 241 Å². The zero-order valence-electron chi connectivity index (χ0n) is 23.0. The molecule has 0 radical (unpaired) electrons. The summed E-state index contributed by atoms with van der Waals surface area (Å²) in [5.74, 6) is -1.93. The Balaban J connectivity index is 1.23. The first kappa shape index (κ1) is 28.6. The van der Waals surface area contributed by atoms with Gasteiger partial charge in [-0.3, -0.25) is 29.1 Å². The second kappa shape index (κ2) is 12.3. The Bertz CT molecular complexity index is 1610. The SMILES string of the molecule is Cc1cccc(-c2n[nH]cc2-c2ccc(F)c(-c3cnn(CC(=O)N4CCN(C(=O)[C@@H](N)CCC(=O)O)CC4)c3)c2)n1. The van der Waals surface area contributed by atoms with Gasteiger partial charge in [0.05, 0.1) is 17.9 Å². The van der Waals surface area contributed by atoms with Crippen molar-refractivity contribution in [2.75, 3.05) is 26.2 Å². The van der Waals surface area contributed by atoms with Crippen LogP contribution >= 0.6 is 0 Å². The lowest BCUT2D eigenvalue weighted by atomic mass is 9.99. The number of nitrogens with one attached hydrogen (secondary N) is 1. The number of amides is 2. The van der Waals surface area contributed by atoms with Crippen molar-refractivity contribution in [3.63, 3.8) is 0 Å². The average molecular weight is 575 g/mol. The first-order chi connectivity index (χ1) is 20.2. The summed E-state index contributed by atoms with van der Waals surface area (Å²) in [6.07, 6.45) is 4.77. The minimum absolute atomic E-state index is 0.0434. The van der Waals surface area contributed by atoms with Crippen molar-refractivity contribution in [1.29, 1.82) is 0 Å². The monoisotopic (exact) mass is 574 g/mol. The number of rotatable bonds is 9. The van der Waals surface area contributed by atoms with Gasteiger partial charge in [-0.2, -0.15) is 10.2 Å². The summed E-state index contributed by atoms with van der Waals surface area (Å²) in [7, 11) is 0. The summed E-state index contributed by atoms with van der Waals surface area (Å²) in [6.45, 7) is 3.12. The Hall–Kier alpha value is -4.91. The number of nitrogens with zero attached hydrogens (tertiary/aromatic N) is 6. The number of benzene rings is 1. The molecule has 4 N–H and O–H groups in total. The normalized spacial score (nSPS) is 14.2. The van der Waals surface area contributed by atoms with E-state index in [-0.39, 0.29) is 31.2 Å². The van der Waals surface area contributed by atoms with Crippen LogP contribution in [0.3, 0.4) is 0 Å². The van der Waals surface area contributed by atoms with E-state index in [9.17, 15) is 18.8 Å². The Kier molecular flexibility index (Phi) is 8.38. The van der Waals surface area contributed by atoms with E-state index in [2.05, 4.69) is 20.3 Å². The Morgan fingerprint density at radius 2 is 1.83 bits per heavy atom. The lowest BCUT2D eigenvalue weighted by Gasteiger charge is -2.35. The van der Waals surface area contributed by atoms with Crippen LogP contribution in [0.5, 0.6) is 0 Å². The summed E-state index contributed by atoms with van der Waals surface area (Å²) in [5.41, 5.74) is 10.4. The topological polar surface area (TPSA) is 163 Å². The molecule has 1 aromatic carbocycles. The zero-order chi connectivity index (χ0) is 29.8. The highest BCUT2D eigenvalue weighted by Gasteiger charge is 2.27. The van der Waals surface area contributed by atoms with Gasteiger partial charge in [0.25, 0.3) is 0 Å². The number of pyridine rings is 1. The quantitative estimate of drug-likeness (QED) is 0.274. The summed E-state index contributed by atoms with van der Waals surface area (Å²) in [6, 6.07) is 9.58. The molecule has 1 atom stereocenters. The van der Waals surface area contributed by atoms with Gasteiger partial charge in [0.1, 0.15) is 18.1 Å². The molecule has 12 nitrogen and oxygen atoms in total. The van der Waals surface area contributed by atoms with E-state index in [0.717, 1.165) is 16.8 Å². The number of carboxylic acids is 1. The van der Waals surface area contributed by atoms with Crippen molar-refractivity contribution in [2.45, 2.75) is 32.4 Å². The molecule has 42 heavy (non-hydrogen) atoms. The predicted octanol–water partition coefficient (Wildman–Crippen LogP) is 2.31. The van der Waals surface area contributed by atoms with E-state index < -0.39 is 17.8 Å². The molecule has 1 aliphatic rings. The number of hydrogen-bond donors (Lipinski definition) is 3. The zero-order valence-corrected chi connectivity index (χ0v) is 23.0. The third kappa shape index (κ3) is 6.36. The second-order valence-electron chi connectivity index (χ2n) is 10.2. The van der Waals surface area contributed by atoms with Crippen LogP contribution in [0.25, 0.3) is 33.6 Å². The van der Waals surface area contributed by atoms with Gasteiger partial charge in [-0.1, -0.05) is 12.1 Å². The van der Waals surface area contributed by atoms with E-state index in [0.29, 0.717) is 48.7 Å². The number of aromatic nitrogens is 5. The molecular formula is C29H31FN8O4. The molecule has 0 bridgehead atoms. The fourth-order valence-electron chi connectivity index (χ4n) is 4.94. The van der Waals surface area contributed by atoms with Gasteiger partial charge in [-0.05, 0) is 43.2 Å². The maximum atomic E-state index is 15.0. The first-order valence-electron chi connectivity index (χ1n) is 13.5. The summed E-state index contributed by atoms with van der Waals surface area (Å²) < 4.78 is 16.4. The van der Waals surface area contributed by atoms with Crippen molar-refractivity contribution in [2.24, 2.45) is 5.73 Å². The van der Waals surface area contributed by atoms with Gasteiger partial charge in [0.2, 0.25) is 11.8 Å². The van der Waals surface area contributed by atoms with E-state index in [1.165, 1.54) is 16.9 Å². The van der Waals surface area contributed by atoms with Crippen LogP contribution in [0, 0.1) is 12.7 Å². The molecule has 4 heterocycles. The molecule has 0 aliphatic carbocycles. The fourth-order valence-corrected chi connectivity index (χ4v) is 4.94. The van der Waals surface area contributed by atoms with Crippen LogP contribution in [0.4, 0.5) is 4.39 Å². The number of piperazine rings is 1. The Morgan fingerprint density at radius 1 is 1.07 bits per heavy atom. The first-order valence-corrected chi connectivity index (χ1v) is 13.5. The van der Waals surface area contributed by atoms with Gasteiger partial charge in [-0.15, -0.1) is 0 Å². The molecule has 2 amide bonds. The van der Waals surface area contributed by atoms with Crippen molar-refractivity contribution >= 4 is 17.8 Å². The van der Waals surface area contributed by atoms with Gasteiger partial charge < -0.3 is 20.6 Å². The molecule has 4 aromatic rings. The lowest BCUT2D eigenvalue weighted by molar-refractivity contribution is -0.141. The van der Waals surface area contributed by atoms with E-state index in [4.69, 9.17) is 10.8 Å². The molecule has 5 rings (SSSR count). The molecule has 1 saturated heterocycles. The molecule has 0 unspecified atom stereocenters. The van der Waals surface area contributed by atoms with Crippen molar-refractivity contribution in [3.8, 4) is 33.6 Å². The number of halogens is 1. The number of carbonyl (C=O) groups is 3. The number of hydrogen-bond acceptors (Lipinski definition) is 7. The predicted molar refractivity (Wildman–Crippen MR) is 151 cm³/mol. The molecular weight excluding hydrogens is 543 g/mol. The fraction of sp³-hybridized carbons (Fsp3) is 0.310. The molecule has 1 fully saturated rings. The van der Waals surface area contributed by atoms with Crippen LogP contribution < -0.4 is 5.73 Å². The average Bonchev–Trinajstić information content (AvgIpc) is 3.66. The van der Waals surface area contributed by atoms with Crippen LogP contribution in [0.2, 0.25) is 0 Å². The number of carboxylic acid groups (broad SMARTS) is 1. The molecule has 1 aliphatic heterocycles. The van der Waals surface area contributed by atoms with E-state index in [1.54, 1.807) is 34.3 Å². The number of aliphatic carboxylic acids is 1. The highest BCUT2D eigenvalue weighted by molar-refractivity contribution is 5.83. The third-order valence-corrected chi connectivity index (χ3v) is 7.22. The largest absolute Gasteiger partial charge is 0.481 e.